The predicted molar refractivity (Wildman–Crippen MR) is 172 cm³/mol. The van der Waals surface area contributed by atoms with Gasteiger partial charge in [-0.15, -0.1) is 0 Å². The molecule has 0 spiro atoms. The van der Waals surface area contributed by atoms with Crippen molar-refractivity contribution in [3.63, 3.8) is 0 Å². The van der Waals surface area contributed by atoms with Gasteiger partial charge in [0.2, 0.25) is 5.43 Å². The highest BCUT2D eigenvalue weighted by atomic mass is 127. The van der Waals surface area contributed by atoms with Crippen LogP contribution in [0.3, 0.4) is 0 Å². The highest BCUT2D eigenvalue weighted by Crippen LogP contribution is 2.46. The first-order valence-electron chi connectivity index (χ1n) is 10.2. The molecular formula is C26H16I4O5. The molecule has 4 rings (SSSR count). The lowest BCUT2D eigenvalue weighted by molar-refractivity contribution is 0.0550. The standard InChI is InChI=1S/C26H16I4O5/c1-3-9-33-25-18(28)12-16-19(13-7-5-6-8-14(13)26(32)34-10-4-2)15-11-17(27)22(31)20(29)23(15)35-24(16)21(25)30/h3-8,11-12H,1-2,9-10H2. The van der Waals surface area contributed by atoms with E-state index in [4.69, 9.17) is 13.9 Å². The Hall–Kier alpha value is -1.20. The molecule has 1 aliphatic heterocycles. The molecule has 5 nitrogen and oxygen atoms in total. The third kappa shape index (κ3) is 5.14. The van der Waals surface area contributed by atoms with Gasteiger partial charge in [-0.3, -0.25) is 4.79 Å². The van der Waals surface area contributed by atoms with Crippen LogP contribution in [-0.2, 0) is 4.74 Å². The number of carbonyl (C=O) groups is 1. The van der Waals surface area contributed by atoms with E-state index in [-0.39, 0.29) is 12.0 Å². The largest absolute Gasteiger partial charge is 0.487 e. The molecule has 0 radical (unpaired) electrons. The minimum absolute atomic E-state index is 0.102. The third-order valence-corrected chi connectivity index (χ3v) is 8.66. The Labute approximate surface area is 256 Å². The number of carbonyl (C=O) groups excluding carboxylic acids is 1. The maximum Gasteiger partial charge on any atom is 0.339 e. The lowest BCUT2D eigenvalue weighted by Crippen LogP contribution is -2.13. The Morgan fingerprint density at radius 2 is 1.66 bits per heavy atom. The lowest BCUT2D eigenvalue weighted by atomic mass is 9.91. The van der Waals surface area contributed by atoms with Gasteiger partial charge in [0, 0.05) is 16.5 Å². The molecule has 0 bridgehead atoms. The summed E-state index contributed by atoms with van der Waals surface area (Å²) in [5.41, 5.74) is 3.09. The average Bonchev–Trinajstić information content (AvgIpc) is 2.85. The molecule has 178 valence electrons. The second-order valence-electron chi connectivity index (χ2n) is 7.27. The van der Waals surface area contributed by atoms with Crippen LogP contribution in [0.5, 0.6) is 5.75 Å². The summed E-state index contributed by atoms with van der Waals surface area (Å²) < 4.78 is 20.4. The molecule has 2 aromatic rings. The molecule has 2 aromatic carbocycles. The van der Waals surface area contributed by atoms with Gasteiger partial charge in [0.25, 0.3) is 0 Å². The van der Waals surface area contributed by atoms with E-state index < -0.39 is 5.97 Å². The maximum absolute atomic E-state index is 13.0. The first-order chi connectivity index (χ1) is 16.8. The number of fused-ring (bicyclic) bond motifs is 2. The number of hydrogen-bond donors (Lipinski definition) is 0. The summed E-state index contributed by atoms with van der Waals surface area (Å²) in [5.74, 6) is 0.679. The minimum atomic E-state index is -0.456. The van der Waals surface area contributed by atoms with Crippen LogP contribution in [-0.4, -0.2) is 19.2 Å². The van der Waals surface area contributed by atoms with Crippen molar-refractivity contribution in [1.29, 1.82) is 0 Å². The fraction of sp³-hybridized carbons (Fsp3) is 0.0769. The molecule has 9 heteroatoms. The maximum atomic E-state index is 13.0. The van der Waals surface area contributed by atoms with Crippen molar-refractivity contribution in [3.05, 3.63) is 91.8 Å². The van der Waals surface area contributed by atoms with Gasteiger partial charge in [-0.1, -0.05) is 43.5 Å². The van der Waals surface area contributed by atoms with Gasteiger partial charge < -0.3 is 13.9 Å². The van der Waals surface area contributed by atoms with E-state index in [1.165, 1.54) is 6.08 Å². The molecule has 1 aliphatic carbocycles. The zero-order valence-electron chi connectivity index (χ0n) is 18.0. The van der Waals surface area contributed by atoms with Crippen LogP contribution in [0.4, 0.5) is 0 Å². The first kappa shape index (κ1) is 26.9. The van der Waals surface area contributed by atoms with Crippen molar-refractivity contribution < 1.29 is 18.7 Å². The summed E-state index contributed by atoms with van der Waals surface area (Å²) in [5, 5.41) is 0.798. The molecule has 0 unspecified atom stereocenters. The van der Waals surface area contributed by atoms with Gasteiger partial charge in [0.15, 0.2) is 11.3 Å². The first-order valence-corrected chi connectivity index (χ1v) is 14.5. The molecule has 0 aromatic heterocycles. The van der Waals surface area contributed by atoms with Gasteiger partial charge >= 0.3 is 5.97 Å². The van der Waals surface area contributed by atoms with Crippen molar-refractivity contribution in [1.82, 2.24) is 0 Å². The third-order valence-electron chi connectivity index (χ3n) is 5.10. The zero-order valence-corrected chi connectivity index (χ0v) is 26.6. The van der Waals surface area contributed by atoms with Gasteiger partial charge in [-0.25, -0.2) is 4.79 Å². The van der Waals surface area contributed by atoms with Crippen LogP contribution in [0.1, 0.15) is 10.4 Å². The van der Waals surface area contributed by atoms with Gasteiger partial charge in [-0.05, 0) is 114 Å². The molecule has 0 amide bonds. The molecule has 35 heavy (non-hydrogen) atoms. The van der Waals surface area contributed by atoms with E-state index in [0.29, 0.717) is 42.0 Å². The van der Waals surface area contributed by atoms with E-state index in [1.807, 2.05) is 69.4 Å². The summed E-state index contributed by atoms with van der Waals surface area (Å²) in [6, 6.07) is 11.1. The molecule has 0 saturated heterocycles. The van der Waals surface area contributed by atoms with Crippen LogP contribution in [0.25, 0.3) is 33.4 Å². The van der Waals surface area contributed by atoms with Gasteiger partial charge in [0.05, 0.1) is 16.3 Å². The SMILES string of the molecule is C=CCOC(=O)c1ccccc1-c1c2cc(I)c(=O)c(I)c-2oc2c(I)c(OCC=C)c(I)cc12. The summed E-state index contributed by atoms with van der Waals surface area (Å²) in [7, 11) is 0. The highest BCUT2D eigenvalue weighted by molar-refractivity contribution is 14.1. The van der Waals surface area contributed by atoms with Crippen LogP contribution >= 0.6 is 90.4 Å². The van der Waals surface area contributed by atoms with Crippen LogP contribution < -0.4 is 10.2 Å². The molecule has 0 atom stereocenters. The second kappa shape index (κ2) is 11.5. The number of halogens is 4. The normalized spacial score (nSPS) is 11.0. The average molecular weight is 916 g/mol. The number of hydrogen-bond acceptors (Lipinski definition) is 5. The molecule has 0 N–H and O–H groups in total. The highest BCUT2D eigenvalue weighted by Gasteiger charge is 2.27. The summed E-state index contributed by atoms with van der Waals surface area (Å²) >= 11 is 8.49. The van der Waals surface area contributed by atoms with Crippen LogP contribution in [0.15, 0.2) is 70.9 Å². The number of rotatable bonds is 7. The molecule has 0 fully saturated rings. The van der Waals surface area contributed by atoms with E-state index in [0.717, 1.165) is 23.7 Å². The van der Waals surface area contributed by atoms with Crippen molar-refractivity contribution in [2.45, 2.75) is 0 Å². The van der Waals surface area contributed by atoms with Crippen LogP contribution in [0, 0.1) is 14.3 Å². The molecule has 1 heterocycles. The Balaban J connectivity index is 2.17. The Kier molecular flexibility index (Phi) is 8.79. The quantitative estimate of drug-likeness (QED) is 0.0818. The van der Waals surface area contributed by atoms with Crippen molar-refractivity contribution in [2.75, 3.05) is 13.2 Å². The zero-order chi connectivity index (χ0) is 25.3. The number of esters is 1. The minimum Gasteiger partial charge on any atom is -0.487 e. The summed E-state index contributed by atoms with van der Waals surface area (Å²) in [6.07, 6.45) is 3.21. The fourth-order valence-corrected chi connectivity index (χ4v) is 7.53. The number of ether oxygens (including phenoxy) is 2. The smallest absolute Gasteiger partial charge is 0.339 e. The van der Waals surface area contributed by atoms with E-state index in [2.05, 4.69) is 58.3 Å². The van der Waals surface area contributed by atoms with E-state index >= 15 is 0 Å². The summed E-state index contributed by atoms with van der Waals surface area (Å²) in [6.45, 7) is 7.80. The predicted octanol–water partition coefficient (Wildman–Crippen LogP) is 7.89. The monoisotopic (exact) mass is 916 g/mol. The van der Waals surface area contributed by atoms with Gasteiger partial charge in [0.1, 0.15) is 22.5 Å². The second-order valence-corrected chi connectivity index (χ2v) is 11.7. The molecule has 2 aliphatic rings. The fourth-order valence-electron chi connectivity index (χ4n) is 3.64. The topological polar surface area (TPSA) is 65.7 Å². The Bertz CT molecular complexity index is 1520. The molecular weight excluding hydrogens is 900 g/mol. The summed E-state index contributed by atoms with van der Waals surface area (Å²) in [4.78, 5) is 25.8. The molecule has 0 saturated carbocycles. The van der Waals surface area contributed by atoms with Crippen molar-refractivity contribution in [2.24, 2.45) is 0 Å². The lowest BCUT2D eigenvalue weighted by Gasteiger charge is -2.20. The van der Waals surface area contributed by atoms with E-state index in [1.54, 1.807) is 18.2 Å². The van der Waals surface area contributed by atoms with Crippen molar-refractivity contribution >= 4 is 107 Å². The Morgan fingerprint density at radius 1 is 0.943 bits per heavy atom. The van der Waals surface area contributed by atoms with E-state index in [9.17, 15) is 9.59 Å². The number of benzene rings is 3. The van der Waals surface area contributed by atoms with Crippen LogP contribution in [0.2, 0.25) is 0 Å². The van der Waals surface area contributed by atoms with Crippen molar-refractivity contribution in [3.8, 4) is 28.2 Å². The van der Waals surface area contributed by atoms with Gasteiger partial charge in [-0.2, -0.15) is 0 Å². The Morgan fingerprint density at radius 3 is 2.37 bits per heavy atom.